The Morgan fingerprint density at radius 1 is 0.382 bits per heavy atom. The Balaban J connectivity index is 1.05. The highest BCUT2D eigenvalue weighted by Crippen LogP contribution is 2.44. The van der Waals surface area contributed by atoms with Gasteiger partial charge in [0.15, 0.2) is 5.58 Å². The van der Waals surface area contributed by atoms with E-state index >= 15 is 0 Å². The lowest BCUT2D eigenvalue weighted by Gasteiger charge is -2.28. The average Bonchev–Trinajstić information content (AvgIpc) is 3.84. The van der Waals surface area contributed by atoms with Crippen molar-refractivity contribution in [3.63, 3.8) is 0 Å². The molecule has 0 N–H and O–H groups in total. The van der Waals surface area contributed by atoms with Crippen LogP contribution in [-0.4, -0.2) is 4.98 Å². The second-order valence-corrected chi connectivity index (χ2v) is 14.0. The quantitative estimate of drug-likeness (QED) is 0.173. The normalized spacial score (nSPS) is 11.6. The number of aromatic nitrogens is 1. The number of benzene rings is 9. The third kappa shape index (κ3) is 5.34. The molecule has 0 saturated heterocycles. The highest BCUT2D eigenvalue weighted by Gasteiger charge is 2.21. The molecule has 0 bridgehead atoms. The highest BCUT2D eigenvalue weighted by molar-refractivity contribution is 6.13. The molecule has 0 aliphatic carbocycles. The molecule has 0 aliphatic rings. The molecule has 0 saturated carbocycles. The minimum Gasteiger partial charge on any atom is -0.456 e. The third-order valence-electron chi connectivity index (χ3n) is 10.7. The van der Waals surface area contributed by atoms with Crippen molar-refractivity contribution in [2.24, 2.45) is 0 Å². The molecular weight excluding hydrogens is 673 g/mol. The number of nitrogens with zero attached hydrogens (tertiary/aromatic N) is 2. The molecule has 258 valence electrons. The Kier molecular flexibility index (Phi) is 7.14. The molecule has 0 radical (unpaired) electrons. The summed E-state index contributed by atoms with van der Waals surface area (Å²) < 4.78 is 13.1. The van der Waals surface area contributed by atoms with Crippen molar-refractivity contribution in [2.45, 2.75) is 0 Å². The van der Waals surface area contributed by atoms with Crippen LogP contribution < -0.4 is 4.90 Å². The molecule has 4 nitrogen and oxygen atoms in total. The van der Waals surface area contributed by atoms with Crippen molar-refractivity contribution in [1.29, 1.82) is 0 Å². The smallest absolute Gasteiger partial charge is 0.228 e. The van der Waals surface area contributed by atoms with Crippen LogP contribution in [0.25, 0.3) is 88.3 Å². The van der Waals surface area contributed by atoms with Gasteiger partial charge in [-0.2, -0.15) is 0 Å². The molecule has 2 heterocycles. The van der Waals surface area contributed by atoms with Gasteiger partial charge in [0.25, 0.3) is 0 Å². The second kappa shape index (κ2) is 12.6. The number of furan rings is 1. The lowest BCUT2D eigenvalue weighted by atomic mass is 9.99. The van der Waals surface area contributed by atoms with Gasteiger partial charge in [-0.25, -0.2) is 4.98 Å². The Bertz CT molecular complexity index is 3160. The van der Waals surface area contributed by atoms with Gasteiger partial charge < -0.3 is 13.7 Å². The first-order valence-corrected chi connectivity index (χ1v) is 18.5. The molecule has 9 aromatic carbocycles. The van der Waals surface area contributed by atoms with Crippen LogP contribution in [0.3, 0.4) is 0 Å². The lowest BCUT2D eigenvalue weighted by molar-refractivity contribution is 0.620. The van der Waals surface area contributed by atoms with Crippen LogP contribution in [0, 0.1) is 0 Å². The van der Waals surface area contributed by atoms with Gasteiger partial charge in [0.1, 0.15) is 16.7 Å². The molecule has 55 heavy (non-hydrogen) atoms. The van der Waals surface area contributed by atoms with Crippen molar-refractivity contribution in [2.75, 3.05) is 4.90 Å². The van der Waals surface area contributed by atoms with E-state index in [0.29, 0.717) is 5.89 Å². The molecule has 4 heteroatoms. The van der Waals surface area contributed by atoms with Crippen molar-refractivity contribution in [1.82, 2.24) is 4.98 Å². The molecule has 2 aromatic heterocycles. The topological polar surface area (TPSA) is 42.4 Å². The number of oxazole rings is 1. The average molecular weight is 705 g/mol. The Hall–Kier alpha value is -7.43. The minimum atomic E-state index is 0.576. The number of para-hydroxylation sites is 1. The Morgan fingerprint density at radius 2 is 1.05 bits per heavy atom. The van der Waals surface area contributed by atoms with E-state index in [1.54, 1.807) is 0 Å². The summed E-state index contributed by atoms with van der Waals surface area (Å²) in [5.74, 6) is 0.576. The number of hydrogen-bond acceptors (Lipinski definition) is 4. The zero-order chi connectivity index (χ0) is 36.3. The van der Waals surface area contributed by atoms with Gasteiger partial charge in [-0.1, -0.05) is 127 Å². The van der Waals surface area contributed by atoms with E-state index in [1.807, 2.05) is 24.3 Å². The molecule has 11 aromatic rings. The molecule has 0 fully saturated rings. The molecule has 0 aliphatic heterocycles. The maximum Gasteiger partial charge on any atom is 0.228 e. The maximum atomic E-state index is 6.65. The minimum absolute atomic E-state index is 0.576. The number of hydrogen-bond donors (Lipinski definition) is 0. The zero-order valence-electron chi connectivity index (χ0n) is 29.7. The number of anilines is 3. The van der Waals surface area contributed by atoms with Crippen LogP contribution in [-0.2, 0) is 0 Å². The Labute approximate surface area is 317 Å². The van der Waals surface area contributed by atoms with Crippen molar-refractivity contribution < 1.29 is 8.83 Å². The fraction of sp³-hybridized carbons (Fsp3) is 0. The SMILES string of the molecule is c1ccc(-c2ccccc2N(c2ccc(-c3ccc4ccccc4c3)cc2)c2ccc3c(c2)oc2cccc(-c4nc5cc6ccccc6cc5o4)c23)cc1. The van der Waals surface area contributed by atoms with Crippen LogP contribution in [0.15, 0.2) is 203 Å². The first kappa shape index (κ1) is 31.1. The van der Waals surface area contributed by atoms with Gasteiger partial charge in [0, 0.05) is 39.3 Å². The van der Waals surface area contributed by atoms with Gasteiger partial charge in [-0.05, 0) is 98.9 Å². The first-order valence-electron chi connectivity index (χ1n) is 18.5. The molecule has 0 unspecified atom stereocenters. The molecule has 0 amide bonds. The largest absolute Gasteiger partial charge is 0.456 e. The van der Waals surface area contributed by atoms with E-state index < -0.39 is 0 Å². The second-order valence-electron chi connectivity index (χ2n) is 14.0. The summed E-state index contributed by atoms with van der Waals surface area (Å²) >= 11 is 0. The van der Waals surface area contributed by atoms with E-state index in [-0.39, 0.29) is 0 Å². The van der Waals surface area contributed by atoms with Crippen molar-refractivity contribution in [3.8, 4) is 33.7 Å². The van der Waals surface area contributed by atoms with Crippen molar-refractivity contribution in [3.05, 3.63) is 194 Å². The summed E-state index contributed by atoms with van der Waals surface area (Å²) in [5.41, 5.74) is 11.8. The summed E-state index contributed by atoms with van der Waals surface area (Å²) in [7, 11) is 0. The molecule has 11 rings (SSSR count). The lowest BCUT2D eigenvalue weighted by Crippen LogP contribution is -2.11. The van der Waals surface area contributed by atoms with Crippen molar-refractivity contribution >= 4 is 71.6 Å². The zero-order valence-corrected chi connectivity index (χ0v) is 29.7. The number of rotatable bonds is 6. The van der Waals surface area contributed by atoms with E-state index in [4.69, 9.17) is 13.8 Å². The number of fused-ring (bicyclic) bond motifs is 6. The molecule has 0 atom stereocenters. The Morgan fingerprint density at radius 3 is 1.89 bits per heavy atom. The van der Waals surface area contributed by atoms with Crippen LogP contribution in [0.4, 0.5) is 17.1 Å². The first-order chi connectivity index (χ1) is 27.2. The summed E-state index contributed by atoms with van der Waals surface area (Å²) in [6.07, 6.45) is 0. The summed E-state index contributed by atoms with van der Waals surface area (Å²) in [5, 5.41) is 6.72. The van der Waals surface area contributed by atoms with Crippen LogP contribution in [0.5, 0.6) is 0 Å². The predicted octanol–water partition coefficient (Wildman–Crippen LogP) is 14.5. The standard InChI is InChI=1S/C51H32N2O2/c1-2-12-35(13-3-1)42-17-8-9-19-46(42)53(40-25-23-34(24-26-40)39-22-21-33-11-4-5-14-36(33)29-39)41-27-28-43-48(32-41)54-47-20-10-18-44(50(43)47)51-52-45-30-37-15-6-7-16-38(37)31-49(45)55-51/h1-32H. The van der Waals surface area contributed by atoms with Crippen LogP contribution in [0.2, 0.25) is 0 Å². The van der Waals surface area contributed by atoms with Gasteiger partial charge in [-0.3, -0.25) is 0 Å². The summed E-state index contributed by atoms with van der Waals surface area (Å²) in [6.45, 7) is 0. The van der Waals surface area contributed by atoms with Gasteiger partial charge >= 0.3 is 0 Å². The van der Waals surface area contributed by atoms with E-state index in [0.717, 1.165) is 77.6 Å². The monoisotopic (exact) mass is 704 g/mol. The van der Waals surface area contributed by atoms with Gasteiger partial charge in [-0.15, -0.1) is 0 Å². The predicted molar refractivity (Wildman–Crippen MR) is 227 cm³/mol. The van der Waals surface area contributed by atoms with Gasteiger partial charge in [0.2, 0.25) is 5.89 Å². The van der Waals surface area contributed by atoms with Gasteiger partial charge in [0.05, 0.1) is 5.69 Å². The van der Waals surface area contributed by atoms with Crippen LogP contribution >= 0.6 is 0 Å². The molecule has 0 spiro atoms. The van der Waals surface area contributed by atoms with E-state index in [1.165, 1.54) is 21.9 Å². The fourth-order valence-electron chi connectivity index (χ4n) is 7.99. The summed E-state index contributed by atoms with van der Waals surface area (Å²) in [4.78, 5) is 7.29. The van der Waals surface area contributed by atoms with E-state index in [2.05, 4.69) is 175 Å². The highest BCUT2D eigenvalue weighted by atomic mass is 16.3. The maximum absolute atomic E-state index is 6.65. The van der Waals surface area contributed by atoms with Crippen LogP contribution in [0.1, 0.15) is 0 Å². The summed E-state index contributed by atoms with van der Waals surface area (Å²) in [6, 6.07) is 68.2. The third-order valence-corrected chi connectivity index (χ3v) is 10.7. The molecular formula is C51H32N2O2. The van der Waals surface area contributed by atoms with E-state index in [9.17, 15) is 0 Å². The fourth-order valence-corrected chi connectivity index (χ4v) is 7.99.